The molecule has 152 valence electrons. The Labute approximate surface area is 176 Å². The molecular weight excluding hydrogens is 376 g/mol. The molecule has 5 heteroatoms. The van der Waals surface area contributed by atoms with Crippen LogP contribution in [0.1, 0.15) is 17.5 Å². The van der Waals surface area contributed by atoms with Gasteiger partial charge in [0, 0.05) is 23.9 Å². The molecule has 0 heterocycles. The summed E-state index contributed by atoms with van der Waals surface area (Å²) in [7, 11) is 1.61. The van der Waals surface area contributed by atoms with E-state index in [1.165, 1.54) is 6.08 Å². The van der Waals surface area contributed by atoms with E-state index in [2.05, 4.69) is 10.6 Å². The summed E-state index contributed by atoms with van der Waals surface area (Å²) in [6.45, 7) is 0. The Bertz CT molecular complexity index is 1010. The van der Waals surface area contributed by atoms with Crippen LogP contribution in [0.15, 0.2) is 84.9 Å². The summed E-state index contributed by atoms with van der Waals surface area (Å²) in [5, 5.41) is 5.68. The lowest BCUT2D eigenvalue weighted by Crippen LogP contribution is -2.13. The van der Waals surface area contributed by atoms with Crippen LogP contribution in [0, 0.1) is 0 Å². The summed E-state index contributed by atoms with van der Waals surface area (Å²) in [5.74, 6) is 0.444. The van der Waals surface area contributed by atoms with Crippen LogP contribution in [0.25, 0.3) is 6.08 Å². The van der Waals surface area contributed by atoms with Gasteiger partial charge in [0.2, 0.25) is 11.8 Å². The lowest BCUT2D eigenvalue weighted by molar-refractivity contribution is -0.116. The number of rotatable bonds is 8. The Morgan fingerprint density at radius 2 is 1.57 bits per heavy atom. The third-order valence-corrected chi connectivity index (χ3v) is 4.44. The first-order valence-corrected chi connectivity index (χ1v) is 9.69. The highest BCUT2D eigenvalue weighted by atomic mass is 16.5. The highest BCUT2D eigenvalue weighted by Gasteiger charge is 2.05. The van der Waals surface area contributed by atoms with E-state index >= 15 is 0 Å². The molecule has 0 aliphatic heterocycles. The third-order valence-electron chi connectivity index (χ3n) is 4.44. The fourth-order valence-electron chi connectivity index (χ4n) is 2.87. The molecule has 2 N–H and O–H groups in total. The van der Waals surface area contributed by atoms with Gasteiger partial charge < -0.3 is 15.4 Å². The van der Waals surface area contributed by atoms with E-state index in [0.717, 1.165) is 16.9 Å². The molecule has 0 aromatic heterocycles. The number of benzene rings is 3. The van der Waals surface area contributed by atoms with E-state index in [1.807, 2.05) is 54.6 Å². The average molecular weight is 400 g/mol. The Kier molecular flexibility index (Phi) is 7.39. The molecule has 0 fully saturated rings. The first kappa shape index (κ1) is 20.9. The molecule has 5 nitrogen and oxygen atoms in total. The van der Waals surface area contributed by atoms with Crippen LogP contribution in [0.2, 0.25) is 0 Å². The summed E-state index contributed by atoms with van der Waals surface area (Å²) < 4.78 is 5.12. The maximum absolute atomic E-state index is 12.2. The predicted molar refractivity (Wildman–Crippen MR) is 120 cm³/mol. The van der Waals surface area contributed by atoms with E-state index in [0.29, 0.717) is 24.2 Å². The number of aryl methyl sites for hydroxylation is 1. The minimum atomic E-state index is -0.252. The molecule has 2 amide bonds. The molecule has 3 rings (SSSR count). The highest BCUT2D eigenvalue weighted by Crippen LogP contribution is 2.16. The molecular formula is C25H24N2O3. The first-order valence-electron chi connectivity index (χ1n) is 9.69. The largest absolute Gasteiger partial charge is 0.497 e. The number of carbonyl (C=O) groups excluding carboxylic acids is 2. The van der Waals surface area contributed by atoms with Gasteiger partial charge in [0.1, 0.15) is 5.75 Å². The number of carbonyl (C=O) groups is 2. The Morgan fingerprint density at radius 1 is 0.867 bits per heavy atom. The summed E-state index contributed by atoms with van der Waals surface area (Å²) in [4.78, 5) is 24.4. The van der Waals surface area contributed by atoms with Crippen molar-refractivity contribution in [1.29, 1.82) is 0 Å². The van der Waals surface area contributed by atoms with Crippen molar-refractivity contribution >= 4 is 29.3 Å². The van der Waals surface area contributed by atoms with Crippen LogP contribution in [0.3, 0.4) is 0 Å². The van der Waals surface area contributed by atoms with Crippen molar-refractivity contribution in [3.63, 3.8) is 0 Å². The molecule has 0 spiro atoms. The minimum absolute atomic E-state index is 0.0678. The number of ether oxygens (including phenoxy) is 1. The quantitative estimate of drug-likeness (QED) is 0.528. The number of hydrogen-bond acceptors (Lipinski definition) is 3. The molecule has 0 aliphatic carbocycles. The standard InChI is InChI=1S/C25H24N2O3/c1-30-23-14-10-20(11-15-23)13-17-25(29)27-22-9-5-8-21(18-22)26-24(28)16-12-19-6-3-2-4-7-19/h2-11,13-15,17-18H,12,16H2,1H3,(H,26,28)(H,27,29)/b17-13+. The number of nitrogens with one attached hydrogen (secondary N) is 2. The predicted octanol–water partition coefficient (Wildman–Crippen LogP) is 4.92. The van der Waals surface area contributed by atoms with E-state index in [-0.39, 0.29) is 11.8 Å². The van der Waals surface area contributed by atoms with Crippen molar-refractivity contribution in [2.75, 3.05) is 17.7 Å². The second-order valence-corrected chi connectivity index (χ2v) is 6.71. The average Bonchev–Trinajstić information content (AvgIpc) is 2.77. The monoisotopic (exact) mass is 400 g/mol. The van der Waals surface area contributed by atoms with E-state index in [4.69, 9.17) is 4.74 Å². The number of anilines is 2. The fourth-order valence-corrected chi connectivity index (χ4v) is 2.87. The molecule has 0 bridgehead atoms. The van der Waals surface area contributed by atoms with Gasteiger partial charge in [0.25, 0.3) is 0 Å². The van der Waals surface area contributed by atoms with Gasteiger partial charge in [-0.05, 0) is 54.0 Å². The van der Waals surface area contributed by atoms with Gasteiger partial charge in [0.05, 0.1) is 7.11 Å². The van der Waals surface area contributed by atoms with Crippen molar-refractivity contribution in [2.45, 2.75) is 12.8 Å². The van der Waals surface area contributed by atoms with Gasteiger partial charge in [-0.3, -0.25) is 9.59 Å². The zero-order chi connectivity index (χ0) is 21.2. The molecule has 0 aliphatic rings. The maximum atomic E-state index is 12.2. The third kappa shape index (κ3) is 6.63. The second-order valence-electron chi connectivity index (χ2n) is 6.71. The van der Waals surface area contributed by atoms with Crippen LogP contribution < -0.4 is 15.4 Å². The van der Waals surface area contributed by atoms with Gasteiger partial charge in [-0.2, -0.15) is 0 Å². The van der Waals surface area contributed by atoms with E-state index in [1.54, 1.807) is 37.5 Å². The SMILES string of the molecule is COc1ccc(/C=C/C(=O)Nc2cccc(NC(=O)CCc3ccccc3)c2)cc1. The normalized spacial score (nSPS) is 10.6. The number of amides is 2. The molecule has 3 aromatic carbocycles. The molecule has 3 aromatic rings. The second kappa shape index (κ2) is 10.6. The van der Waals surface area contributed by atoms with Gasteiger partial charge in [-0.1, -0.05) is 48.5 Å². The van der Waals surface area contributed by atoms with Crippen molar-refractivity contribution in [2.24, 2.45) is 0 Å². The van der Waals surface area contributed by atoms with Crippen molar-refractivity contribution < 1.29 is 14.3 Å². The van der Waals surface area contributed by atoms with E-state index in [9.17, 15) is 9.59 Å². The summed E-state index contributed by atoms with van der Waals surface area (Å²) in [5.41, 5.74) is 3.27. The molecule has 30 heavy (non-hydrogen) atoms. The Balaban J connectivity index is 1.52. The van der Waals surface area contributed by atoms with Crippen molar-refractivity contribution in [3.05, 3.63) is 96.1 Å². The van der Waals surface area contributed by atoms with E-state index < -0.39 is 0 Å². The van der Waals surface area contributed by atoms with Crippen LogP contribution in [-0.4, -0.2) is 18.9 Å². The maximum Gasteiger partial charge on any atom is 0.248 e. The summed E-state index contributed by atoms with van der Waals surface area (Å²) in [6.07, 6.45) is 4.27. The Morgan fingerprint density at radius 3 is 2.27 bits per heavy atom. The lowest BCUT2D eigenvalue weighted by Gasteiger charge is -2.08. The number of methoxy groups -OCH3 is 1. The van der Waals surface area contributed by atoms with Crippen LogP contribution in [0.5, 0.6) is 5.75 Å². The van der Waals surface area contributed by atoms with Gasteiger partial charge in [0.15, 0.2) is 0 Å². The fraction of sp³-hybridized carbons (Fsp3) is 0.120. The lowest BCUT2D eigenvalue weighted by atomic mass is 10.1. The smallest absolute Gasteiger partial charge is 0.248 e. The molecule has 0 radical (unpaired) electrons. The summed E-state index contributed by atoms with van der Waals surface area (Å²) in [6, 6.07) is 24.4. The van der Waals surface area contributed by atoms with Crippen molar-refractivity contribution in [1.82, 2.24) is 0 Å². The van der Waals surface area contributed by atoms with Gasteiger partial charge in [-0.15, -0.1) is 0 Å². The zero-order valence-corrected chi connectivity index (χ0v) is 16.8. The minimum Gasteiger partial charge on any atom is -0.497 e. The van der Waals surface area contributed by atoms with Gasteiger partial charge in [-0.25, -0.2) is 0 Å². The molecule has 0 saturated heterocycles. The van der Waals surface area contributed by atoms with Crippen LogP contribution in [0.4, 0.5) is 11.4 Å². The zero-order valence-electron chi connectivity index (χ0n) is 16.8. The van der Waals surface area contributed by atoms with Crippen LogP contribution in [-0.2, 0) is 16.0 Å². The molecule has 0 unspecified atom stereocenters. The first-order chi connectivity index (χ1) is 14.6. The highest BCUT2D eigenvalue weighted by molar-refractivity contribution is 6.02. The summed E-state index contributed by atoms with van der Waals surface area (Å²) >= 11 is 0. The molecule has 0 saturated carbocycles. The Hall–Kier alpha value is -3.86. The van der Waals surface area contributed by atoms with Crippen molar-refractivity contribution in [3.8, 4) is 5.75 Å². The van der Waals surface area contributed by atoms with Crippen LogP contribution >= 0.6 is 0 Å². The van der Waals surface area contributed by atoms with Gasteiger partial charge >= 0.3 is 0 Å². The molecule has 0 atom stereocenters. The number of hydrogen-bond donors (Lipinski definition) is 2. The topological polar surface area (TPSA) is 67.4 Å².